The van der Waals surface area contributed by atoms with Gasteiger partial charge in [-0.15, -0.1) is 0 Å². The van der Waals surface area contributed by atoms with E-state index in [1.165, 1.54) is 81.3 Å². The van der Waals surface area contributed by atoms with Crippen molar-refractivity contribution in [3.05, 3.63) is 96.1 Å². The summed E-state index contributed by atoms with van der Waals surface area (Å²) in [7, 11) is -8.71. The van der Waals surface area contributed by atoms with Crippen molar-refractivity contribution in [1.29, 1.82) is 0 Å². The van der Waals surface area contributed by atoms with Crippen LogP contribution in [0, 0.1) is 0 Å². The second-order valence-corrected chi connectivity index (χ2v) is 14.8. The van der Waals surface area contributed by atoms with Gasteiger partial charge in [0.2, 0.25) is 0 Å². The number of hydrogen-bond acceptors (Lipinski definition) is 9. The number of unbranched alkanes of at least 4 members (excludes halogenated alkanes) is 8. The molecule has 0 atom stereocenters. The van der Waals surface area contributed by atoms with Gasteiger partial charge in [0.15, 0.2) is 11.5 Å². The molecule has 13 heteroatoms. The molecule has 4 rings (SSSR count). The Balaban J connectivity index is 0.000000347. The summed E-state index contributed by atoms with van der Waals surface area (Å²) in [6.07, 6.45) is 13.7. The molecule has 0 heterocycles. The van der Waals surface area contributed by atoms with Crippen LogP contribution in [-0.4, -0.2) is 68.8 Å². The van der Waals surface area contributed by atoms with Crippen molar-refractivity contribution >= 4 is 58.0 Å². The van der Waals surface area contributed by atoms with E-state index >= 15 is 0 Å². The molecule has 0 spiro atoms. The van der Waals surface area contributed by atoms with E-state index in [4.69, 9.17) is 14.0 Å². The first-order valence-corrected chi connectivity index (χ1v) is 19.8. The molecule has 0 aromatic heterocycles. The van der Waals surface area contributed by atoms with Gasteiger partial charge in [-0.3, -0.25) is 4.55 Å². The minimum Gasteiger partial charge on any atom is -0.870 e. The standard InChI is InChI=1S/2C19H24O5S.Ca/c2*1-2-3-4-5-6-7-15-8-13-19(18(20)14-15)24-16-9-11-17(12-10-16)25(21,22)23;/h2*8-14,20H,2-7H2,1H3,(H,21,22,23);/q;;+2/p-2. The number of hydrogen-bond donors (Lipinski definition) is 2. The summed E-state index contributed by atoms with van der Waals surface area (Å²) in [5.41, 5.74) is 2.05. The van der Waals surface area contributed by atoms with Crippen molar-refractivity contribution in [2.24, 2.45) is 0 Å². The van der Waals surface area contributed by atoms with Crippen molar-refractivity contribution in [2.75, 3.05) is 0 Å². The monoisotopic (exact) mass is 766 g/mol. The Hall–Kier alpha value is -2.84. The summed E-state index contributed by atoms with van der Waals surface area (Å²) in [6.45, 7) is 4.36. The number of benzene rings is 4. The average Bonchev–Trinajstić information content (AvgIpc) is 3.07. The third kappa shape index (κ3) is 16.2. The Kier molecular flexibility index (Phi) is 19.4. The van der Waals surface area contributed by atoms with Gasteiger partial charge in [0.25, 0.3) is 10.1 Å². The van der Waals surface area contributed by atoms with Crippen LogP contribution >= 0.6 is 0 Å². The summed E-state index contributed by atoms with van der Waals surface area (Å²) in [4.78, 5) is -0.539. The molecule has 0 unspecified atom stereocenters. The number of rotatable bonds is 18. The van der Waals surface area contributed by atoms with Gasteiger partial charge in [-0.25, -0.2) is 8.42 Å². The van der Waals surface area contributed by atoms with E-state index in [9.17, 15) is 31.6 Å². The molecule has 0 aliphatic rings. The third-order valence-corrected chi connectivity index (χ3v) is 9.58. The molecule has 0 saturated carbocycles. The normalized spacial score (nSPS) is 11.2. The van der Waals surface area contributed by atoms with Crippen LogP contribution in [0.25, 0.3) is 0 Å². The first-order valence-electron chi connectivity index (χ1n) is 16.9. The molecule has 272 valence electrons. The van der Waals surface area contributed by atoms with Crippen LogP contribution in [0.5, 0.6) is 34.5 Å². The number of phenolic OH excluding ortho intramolecular Hbond substituents is 1. The molecule has 0 radical (unpaired) electrons. The van der Waals surface area contributed by atoms with Gasteiger partial charge in [0, 0.05) is 0 Å². The molecular formula is C38H46CaO10S2. The SMILES string of the molecule is CCCCCCCc1ccc(Oc2ccc(S(=O)(=O)O)cc2)c(O)c1.CCCCCCCc1ccc(Oc2ccc(S(=O)(=O)[O-])cc2)c([O-])c1.[Ca+2]. The molecule has 0 aliphatic carbocycles. The van der Waals surface area contributed by atoms with Gasteiger partial charge in [0.1, 0.15) is 27.4 Å². The maximum atomic E-state index is 12.1. The summed E-state index contributed by atoms with van der Waals surface area (Å²) in [5.74, 6) is 0.977. The Labute approximate surface area is 332 Å². The minimum absolute atomic E-state index is 0. The Bertz CT molecular complexity index is 1710. The molecule has 2 N–H and O–H groups in total. The van der Waals surface area contributed by atoms with Gasteiger partial charge in [0.05, 0.1) is 9.79 Å². The van der Waals surface area contributed by atoms with Crippen LogP contribution in [0.3, 0.4) is 0 Å². The van der Waals surface area contributed by atoms with E-state index in [0.717, 1.165) is 55.4 Å². The molecule has 4 aromatic rings. The molecular weight excluding hydrogens is 721 g/mol. The molecule has 0 amide bonds. The fourth-order valence-corrected chi connectivity index (χ4v) is 6.02. The van der Waals surface area contributed by atoms with Crippen LogP contribution in [-0.2, 0) is 33.1 Å². The van der Waals surface area contributed by atoms with Crippen LogP contribution < -0.4 is 14.6 Å². The molecule has 4 aromatic carbocycles. The first-order chi connectivity index (χ1) is 23.8. The van der Waals surface area contributed by atoms with E-state index in [1.807, 2.05) is 12.1 Å². The largest absolute Gasteiger partial charge is 2.00 e. The first kappa shape index (κ1) is 44.3. The van der Waals surface area contributed by atoms with Gasteiger partial charge < -0.3 is 24.2 Å². The van der Waals surface area contributed by atoms with E-state index in [2.05, 4.69) is 13.8 Å². The number of phenols is 1. The van der Waals surface area contributed by atoms with E-state index in [0.29, 0.717) is 17.2 Å². The summed E-state index contributed by atoms with van der Waals surface area (Å²) in [6, 6.07) is 20.7. The van der Waals surface area contributed by atoms with Crippen molar-refractivity contribution < 1.29 is 45.6 Å². The van der Waals surface area contributed by atoms with Crippen molar-refractivity contribution in [3.63, 3.8) is 0 Å². The summed E-state index contributed by atoms with van der Waals surface area (Å²) in [5, 5.41) is 22.3. The van der Waals surface area contributed by atoms with Crippen molar-refractivity contribution in [3.8, 4) is 34.5 Å². The second-order valence-electron chi connectivity index (χ2n) is 12.0. The van der Waals surface area contributed by atoms with Crippen molar-refractivity contribution in [1.82, 2.24) is 0 Å². The fraction of sp³-hybridized carbons (Fsp3) is 0.368. The molecule has 0 fully saturated rings. The number of ether oxygens (including phenoxy) is 2. The molecule has 51 heavy (non-hydrogen) atoms. The van der Waals surface area contributed by atoms with Crippen LogP contribution in [0.1, 0.15) is 89.2 Å². The summed E-state index contributed by atoms with van der Waals surface area (Å²) >= 11 is 0. The van der Waals surface area contributed by atoms with E-state index in [1.54, 1.807) is 24.3 Å². The minimum atomic E-state index is -4.49. The van der Waals surface area contributed by atoms with E-state index in [-0.39, 0.29) is 64.8 Å². The topological polar surface area (TPSA) is 173 Å². The van der Waals surface area contributed by atoms with Crippen LogP contribution in [0.15, 0.2) is 94.7 Å². The number of aryl methyl sites for hydroxylation is 2. The zero-order valence-electron chi connectivity index (χ0n) is 29.3. The third-order valence-electron chi connectivity index (χ3n) is 7.86. The molecule has 10 nitrogen and oxygen atoms in total. The van der Waals surface area contributed by atoms with Gasteiger partial charge >= 0.3 is 37.7 Å². The Morgan fingerprint density at radius 1 is 0.588 bits per heavy atom. The van der Waals surface area contributed by atoms with Gasteiger partial charge in [-0.1, -0.05) is 89.2 Å². The van der Waals surface area contributed by atoms with Crippen molar-refractivity contribution in [2.45, 2.75) is 101 Å². The Morgan fingerprint density at radius 2 is 1.02 bits per heavy atom. The predicted molar refractivity (Wildman–Crippen MR) is 195 cm³/mol. The smallest absolute Gasteiger partial charge is 0.870 e. The predicted octanol–water partition coefficient (Wildman–Crippen LogP) is 8.53. The molecule has 0 saturated heterocycles. The fourth-order valence-electron chi connectivity index (χ4n) is 5.07. The zero-order chi connectivity index (χ0) is 36.6. The van der Waals surface area contributed by atoms with Gasteiger partial charge in [-0.2, -0.15) is 8.42 Å². The maximum absolute atomic E-state index is 12.1. The van der Waals surface area contributed by atoms with Gasteiger partial charge in [-0.05, 0) is 104 Å². The number of aromatic hydroxyl groups is 1. The molecule has 0 aliphatic heterocycles. The van der Waals surface area contributed by atoms with Crippen LogP contribution in [0.2, 0.25) is 0 Å². The maximum Gasteiger partial charge on any atom is 2.00 e. The zero-order valence-corrected chi connectivity index (χ0v) is 33.1. The average molecular weight is 767 g/mol. The van der Waals surface area contributed by atoms with E-state index < -0.39 is 20.2 Å². The summed E-state index contributed by atoms with van der Waals surface area (Å²) < 4.78 is 74.7. The van der Waals surface area contributed by atoms with Crippen LogP contribution in [0.4, 0.5) is 0 Å². The Morgan fingerprint density at radius 3 is 1.45 bits per heavy atom. The molecule has 0 bridgehead atoms. The second kappa shape index (κ2) is 22.3. The quantitative estimate of drug-likeness (QED) is 0.0568.